The zero-order chi connectivity index (χ0) is 8.91. The largest absolute Gasteiger partial charge is 0.374 e. The lowest BCUT2D eigenvalue weighted by molar-refractivity contribution is 0.0296. The Morgan fingerprint density at radius 2 is 2.09 bits per heavy atom. The van der Waals surface area contributed by atoms with Crippen molar-refractivity contribution in [2.24, 2.45) is 0 Å². The van der Waals surface area contributed by atoms with Gasteiger partial charge in [0.15, 0.2) is 0 Å². The number of rotatable bonds is 5. The number of hydrogen-bond acceptors (Lipinski definition) is 1. The first kappa shape index (κ1) is 10.7. The van der Waals surface area contributed by atoms with E-state index in [4.69, 9.17) is 4.74 Å². The smallest absolute Gasteiger partial charge is 0.0854 e. The van der Waals surface area contributed by atoms with Gasteiger partial charge in [-0.1, -0.05) is 26.3 Å². The van der Waals surface area contributed by atoms with Gasteiger partial charge in [0.1, 0.15) is 0 Å². The Labute approximate surface area is 70.4 Å². The van der Waals surface area contributed by atoms with E-state index in [2.05, 4.69) is 20.4 Å². The minimum Gasteiger partial charge on any atom is -0.374 e. The molecule has 1 nitrogen and oxygen atoms in total. The van der Waals surface area contributed by atoms with Gasteiger partial charge in [0.05, 0.1) is 5.60 Å². The Hall–Kier alpha value is -0.300. The van der Waals surface area contributed by atoms with Crippen molar-refractivity contribution < 1.29 is 4.74 Å². The van der Waals surface area contributed by atoms with Crippen LogP contribution in [0.25, 0.3) is 0 Å². The van der Waals surface area contributed by atoms with Crippen molar-refractivity contribution in [3.8, 4) is 0 Å². The van der Waals surface area contributed by atoms with Gasteiger partial charge < -0.3 is 4.74 Å². The van der Waals surface area contributed by atoms with Gasteiger partial charge in [-0.2, -0.15) is 0 Å². The van der Waals surface area contributed by atoms with Crippen LogP contribution in [-0.4, -0.2) is 12.7 Å². The lowest BCUT2D eigenvalue weighted by Gasteiger charge is -2.28. The third kappa shape index (κ3) is 3.06. The van der Waals surface area contributed by atoms with Gasteiger partial charge in [-0.3, -0.25) is 0 Å². The van der Waals surface area contributed by atoms with Crippen molar-refractivity contribution in [1.82, 2.24) is 0 Å². The topological polar surface area (TPSA) is 9.23 Å². The van der Waals surface area contributed by atoms with Crippen LogP contribution in [0.15, 0.2) is 12.2 Å². The maximum atomic E-state index is 5.40. The molecule has 0 aromatic rings. The van der Waals surface area contributed by atoms with Gasteiger partial charge in [0.2, 0.25) is 0 Å². The highest BCUT2D eigenvalue weighted by Gasteiger charge is 2.22. The van der Waals surface area contributed by atoms with Crippen LogP contribution in [0, 0.1) is 0 Å². The summed E-state index contributed by atoms with van der Waals surface area (Å²) in [7, 11) is 1.75. The van der Waals surface area contributed by atoms with Gasteiger partial charge in [0, 0.05) is 7.11 Å². The predicted octanol–water partition coefficient (Wildman–Crippen LogP) is 3.16. The second-order valence-corrected chi connectivity index (χ2v) is 3.32. The number of methoxy groups -OCH3 is 1. The Bertz CT molecular complexity index is 129. The lowest BCUT2D eigenvalue weighted by Crippen LogP contribution is -2.27. The van der Waals surface area contributed by atoms with Crippen LogP contribution in [-0.2, 0) is 4.74 Å². The fourth-order valence-corrected chi connectivity index (χ4v) is 1.00. The molecule has 1 unspecified atom stereocenters. The summed E-state index contributed by atoms with van der Waals surface area (Å²) in [4.78, 5) is 0. The number of hydrogen-bond donors (Lipinski definition) is 0. The van der Waals surface area contributed by atoms with Crippen molar-refractivity contribution in [3.63, 3.8) is 0 Å². The number of ether oxygens (including phenoxy) is 1. The summed E-state index contributed by atoms with van der Waals surface area (Å²) in [5.41, 5.74) is 1.02. The molecule has 0 saturated heterocycles. The van der Waals surface area contributed by atoms with Crippen molar-refractivity contribution in [1.29, 1.82) is 0 Å². The summed E-state index contributed by atoms with van der Waals surface area (Å²) in [5, 5.41) is 0. The van der Waals surface area contributed by atoms with Crippen LogP contribution in [0.2, 0.25) is 0 Å². The molecule has 0 aliphatic carbocycles. The molecule has 1 heteroatoms. The van der Waals surface area contributed by atoms with Gasteiger partial charge >= 0.3 is 0 Å². The Morgan fingerprint density at radius 1 is 1.55 bits per heavy atom. The average Bonchev–Trinajstić information content (AvgIpc) is 2.00. The minimum absolute atomic E-state index is 0.101. The van der Waals surface area contributed by atoms with Gasteiger partial charge in [-0.05, 0) is 25.8 Å². The van der Waals surface area contributed by atoms with E-state index in [0.717, 1.165) is 12.0 Å². The third-order valence-corrected chi connectivity index (χ3v) is 2.36. The van der Waals surface area contributed by atoms with Crippen LogP contribution >= 0.6 is 0 Å². The summed E-state index contributed by atoms with van der Waals surface area (Å²) in [6.45, 7) is 10.2. The molecule has 66 valence electrons. The molecular weight excluding hydrogens is 136 g/mol. The van der Waals surface area contributed by atoms with Crippen molar-refractivity contribution in [3.05, 3.63) is 12.2 Å². The normalized spacial score (nSPS) is 16.0. The zero-order valence-corrected chi connectivity index (χ0v) is 8.24. The van der Waals surface area contributed by atoms with Crippen LogP contribution in [0.5, 0.6) is 0 Å². The molecule has 1 atom stereocenters. The van der Waals surface area contributed by atoms with E-state index in [-0.39, 0.29) is 5.60 Å². The van der Waals surface area contributed by atoms with Crippen LogP contribution in [0.4, 0.5) is 0 Å². The summed E-state index contributed by atoms with van der Waals surface area (Å²) in [6.07, 6.45) is 3.50. The third-order valence-electron chi connectivity index (χ3n) is 2.36. The van der Waals surface area contributed by atoms with Crippen LogP contribution in [0.3, 0.4) is 0 Å². The highest BCUT2D eigenvalue weighted by molar-refractivity contribution is 5.07. The summed E-state index contributed by atoms with van der Waals surface area (Å²) in [5.74, 6) is 0. The van der Waals surface area contributed by atoms with E-state index in [1.54, 1.807) is 7.11 Å². The second kappa shape index (κ2) is 4.55. The van der Waals surface area contributed by atoms with Crippen molar-refractivity contribution in [2.75, 3.05) is 7.11 Å². The molecule has 11 heavy (non-hydrogen) atoms. The van der Waals surface area contributed by atoms with E-state index in [0.29, 0.717) is 0 Å². The first-order chi connectivity index (χ1) is 5.06. The molecule has 0 rings (SSSR count). The molecular formula is C10H20O. The zero-order valence-electron chi connectivity index (χ0n) is 8.24. The molecule has 0 N–H and O–H groups in total. The fraction of sp³-hybridized carbons (Fsp3) is 0.800. The molecule has 0 fully saturated rings. The first-order valence-corrected chi connectivity index (χ1v) is 4.28. The SMILES string of the molecule is C=C(C)C(C)(CCCC)OC. The standard InChI is InChI=1S/C10H20O/c1-6-7-8-10(4,11-5)9(2)3/h2,6-8H2,1,3-5H3. The molecule has 0 saturated carbocycles. The Morgan fingerprint density at radius 3 is 2.36 bits per heavy atom. The lowest BCUT2D eigenvalue weighted by atomic mass is 9.92. The molecule has 0 bridgehead atoms. The maximum Gasteiger partial charge on any atom is 0.0854 e. The summed E-state index contributed by atoms with van der Waals surface area (Å²) in [6, 6.07) is 0. The maximum absolute atomic E-state index is 5.40. The van der Waals surface area contributed by atoms with Crippen molar-refractivity contribution >= 4 is 0 Å². The predicted molar refractivity (Wildman–Crippen MR) is 49.8 cm³/mol. The highest BCUT2D eigenvalue weighted by Crippen LogP contribution is 2.24. The Kier molecular flexibility index (Phi) is 4.43. The molecule has 0 aliphatic heterocycles. The molecule has 0 aromatic carbocycles. The molecule has 0 aromatic heterocycles. The number of unbranched alkanes of at least 4 members (excludes halogenated alkanes) is 1. The summed E-state index contributed by atoms with van der Waals surface area (Å²) >= 11 is 0. The highest BCUT2D eigenvalue weighted by atomic mass is 16.5. The van der Waals surface area contributed by atoms with E-state index >= 15 is 0 Å². The van der Waals surface area contributed by atoms with E-state index < -0.39 is 0 Å². The molecule has 0 heterocycles. The summed E-state index contributed by atoms with van der Waals surface area (Å²) < 4.78 is 5.40. The first-order valence-electron chi connectivity index (χ1n) is 4.28. The molecule has 0 spiro atoms. The Balaban J connectivity index is 3.99. The molecule has 0 aliphatic rings. The monoisotopic (exact) mass is 156 g/mol. The van der Waals surface area contributed by atoms with Gasteiger partial charge in [-0.15, -0.1) is 0 Å². The average molecular weight is 156 g/mol. The van der Waals surface area contributed by atoms with E-state index in [1.165, 1.54) is 12.8 Å². The van der Waals surface area contributed by atoms with Gasteiger partial charge in [-0.25, -0.2) is 0 Å². The van der Waals surface area contributed by atoms with E-state index in [1.807, 2.05) is 6.92 Å². The van der Waals surface area contributed by atoms with E-state index in [9.17, 15) is 0 Å². The second-order valence-electron chi connectivity index (χ2n) is 3.32. The molecule has 0 amide bonds. The quantitative estimate of drug-likeness (QED) is 0.555. The van der Waals surface area contributed by atoms with Crippen molar-refractivity contribution in [2.45, 2.75) is 45.6 Å². The van der Waals surface area contributed by atoms with Crippen LogP contribution < -0.4 is 0 Å². The minimum atomic E-state index is -0.101. The fourth-order valence-electron chi connectivity index (χ4n) is 1.00. The van der Waals surface area contributed by atoms with Crippen LogP contribution in [0.1, 0.15) is 40.0 Å². The molecule has 0 radical (unpaired) electrons. The van der Waals surface area contributed by atoms with Gasteiger partial charge in [0.25, 0.3) is 0 Å².